The predicted molar refractivity (Wildman–Crippen MR) is 80.5 cm³/mol. The van der Waals surface area contributed by atoms with Crippen LogP contribution in [0.4, 0.5) is 0 Å². The van der Waals surface area contributed by atoms with E-state index in [4.69, 9.17) is 0 Å². The van der Waals surface area contributed by atoms with Crippen molar-refractivity contribution in [2.75, 3.05) is 6.54 Å². The number of amides is 1. The molecule has 0 bridgehead atoms. The van der Waals surface area contributed by atoms with Crippen molar-refractivity contribution < 1.29 is 4.79 Å². The molecule has 0 radical (unpaired) electrons. The number of nitrogens with zero attached hydrogens (tertiary/aromatic N) is 3. The van der Waals surface area contributed by atoms with Gasteiger partial charge in [0.2, 0.25) is 5.91 Å². The monoisotopic (exact) mass is 281 g/mol. The molecule has 0 aliphatic carbocycles. The summed E-state index contributed by atoms with van der Waals surface area (Å²) in [4.78, 5) is 22.7. The Bertz CT molecular complexity index is 614. The number of carbonyl (C=O) groups is 1. The van der Waals surface area contributed by atoms with Gasteiger partial charge in [0.05, 0.1) is 12.0 Å². The van der Waals surface area contributed by atoms with E-state index in [0.29, 0.717) is 5.92 Å². The van der Waals surface area contributed by atoms with Crippen LogP contribution in [0.2, 0.25) is 0 Å². The van der Waals surface area contributed by atoms with Crippen molar-refractivity contribution in [1.82, 2.24) is 14.9 Å². The summed E-state index contributed by atoms with van der Waals surface area (Å²) in [5.74, 6) is 0.442. The zero-order valence-electron chi connectivity index (χ0n) is 12.3. The van der Waals surface area contributed by atoms with E-state index in [-0.39, 0.29) is 17.9 Å². The number of hydrogen-bond donors (Lipinski definition) is 0. The van der Waals surface area contributed by atoms with E-state index in [1.54, 1.807) is 12.4 Å². The Morgan fingerprint density at radius 3 is 2.52 bits per heavy atom. The molecule has 1 aromatic heterocycles. The van der Waals surface area contributed by atoms with E-state index in [1.807, 2.05) is 30.0 Å². The molecule has 3 atom stereocenters. The number of hydrogen-bond acceptors (Lipinski definition) is 3. The highest BCUT2D eigenvalue weighted by atomic mass is 16.2. The molecule has 3 rings (SSSR count). The van der Waals surface area contributed by atoms with Crippen molar-refractivity contribution in [3.05, 3.63) is 60.2 Å². The highest BCUT2D eigenvalue weighted by Crippen LogP contribution is 2.40. The van der Waals surface area contributed by atoms with Crippen LogP contribution in [0.1, 0.15) is 36.9 Å². The van der Waals surface area contributed by atoms with E-state index < -0.39 is 0 Å². The van der Waals surface area contributed by atoms with Gasteiger partial charge >= 0.3 is 0 Å². The van der Waals surface area contributed by atoms with Crippen LogP contribution in [0.15, 0.2) is 49.1 Å². The van der Waals surface area contributed by atoms with Gasteiger partial charge in [-0.2, -0.15) is 0 Å². The number of likely N-dealkylation sites (tertiary alicyclic amines) is 1. The van der Waals surface area contributed by atoms with Gasteiger partial charge in [0, 0.05) is 24.5 Å². The van der Waals surface area contributed by atoms with Gasteiger partial charge in [-0.15, -0.1) is 0 Å². The largest absolute Gasteiger partial charge is 0.334 e. The van der Waals surface area contributed by atoms with E-state index in [0.717, 1.165) is 12.1 Å². The van der Waals surface area contributed by atoms with Gasteiger partial charge in [-0.1, -0.05) is 37.3 Å². The Balaban J connectivity index is 1.79. The minimum Gasteiger partial charge on any atom is -0.334 e. The molecule has 1 amide bonds. The molecule has 21 heavy (non-hydrogen) atoms. The van der Waals surface area contributed by atoms with Crippen LogP contribution in [-0.4, -0.2) is 27.3 Å². The Hall–Kier alpha value is -2.23. The highest BCUT2D eigenvalue weighted by Gasteiger charge is 2.41. The quantitative estimate of drug-likeness (QED) is 0.869. The molecule has 1 aromatic carbocycles. The third-order valence-corrected chi connectivity index (χ3v) is 4.23. The molecule has 0 N–H and O–H groups in total. The summed E-state index contributed by atoms with van der Waals surface area (Å²) in [6.07, 6.45) is 4.92. The van der Waals surface area contributed by atoms with Crippen molar-refractivity contribution in [3.8, 4) is 0 Å². The van der Waals surface area contributed by atoms with Crippen molar-refractivity contribution >= 4 is 5.91 Å². The molecule has 1 saturated heterocycles. The number of aromatic nitrogens is 2. The van der Waals surface area contributed by atoms with Crippen LogP contribution in [0.5, 0.6) is 0 Å². The molecule has 108 valence electrons. The average Bonchev–Trinajstić information content (AvgIpc) is 2.53. The summed E-state index contributed by atoms with van der Waals surface area (Å²) < 4.78 is 0. The van der Waals surface area contributed by atoms with Gasteiger partial charge in [0.15, 0.2) is 0 Å². The Kier molecular flexibility index (Phi) is 3.69. The fourth-order valence-electron chi connectivity index (χ4n) is 3.00. The van der Waals surface area contributed by atoms with Crippen LogP contribution in [0, 0.1) is 5.92 Å². The number of rotatable bonds is 3. The van der Waals surface area contributed by atoms with Gasteiger partial charge < -0.3 is 4.90 Å². The lowest BCUT2D eigenvalue weighted by Gasteiger charge is -2.48. The highest BCUT2D eigenvalue weighted by molar-refractivity contribution is 5.84. The molecular weight excluding hydrogens is 262 g/mol. The standard InChI is InChI=1S/C17H19N3O/c1-12-10-20(16(12)14-6-4-3-5-7-14)17(21)13(2)15-8-18-11-19-9-15/h3-9,11-13,16H,10H2,1-2H3. The van der Waals surface area contributed by atoms with Crippen molar-refractivity contribution in [3.63, 3.8) is 0 Å². The van der Waals surface area contributed by atoms with Crippen LogP contribution in [0.25, 0.3) is 0 Å². The van der Waals surface area contributed by atoms with Crippen LogP contribution in [0.3, 0.4) is 0 Å². The number of carbonyl (C=O) groups excluding carboxylic acids is 1. The summed E-state index contributed by atoms with van der Waals surface area (Å²) in [5.41, 5.74) is 2.08. The topological polar surface area (TPSA) is 46.1 Å². The molecule has 4 nitrogen and oxygen atoms in total. The third kappa shape index (κ3) is 2.53. The van der Waals surface area contributed by atoms with Gasteiger partial charge in [-0.3, -0.25) is 4.79 Å². The Morgan fingerprint density at radius 1 is 1.24 bits per heavy atom. The number of benzene rings is 1. The lowest BCUT2D eigenvalue weighted by Crippen LogP contribution is -2.52. The summed E-state index contributed by atoms with van der Waals surface area (Å²) in [6.45, 7) is 4.93. The molecule has 0 spiro atoms. The normalized spacial score (nSPS) is 22.5. The van der Waals surface area contributed by atoms with Crippen molar-refractivity contribution in [2.45, 2.75) is 25.8 Å². The van der Waals surface area contributed by atoms with Crippen LogP contribution >= 0.6 is 0 Å². The van der Waals surface area contributed by atoms with E-state index in [2.05, 4.69) is 29.0 Å². The van der Waals surface area contributed by atoms with Crippen LogP contribution in [-0.2, 0) is 4.79 Å². The fourth-order valence-corrected chi connectivity index (χ4v) is 3.00. The third-order valence-electron chi connectivity index (χ3n) is 4.23. The molecule has 0 saturated carbocycles. The zero-order valence-corrected chi connectivity index (χ0v) is 12.3. The Morgan fingerprint density at radius 2 is 1.90 bits per heavy atom. The zero-order chi connectivity index (χ0) is 14.8. The molecule has 3 unspecified atom stereocenters. The molecule has 2 aromatic rings. The SMILES string of the molecule is CC(C(=O)N1CC(C)C1c1ccccc1)c1cncnc1. The first-order chi connectivity index (χ1) is 10.2. The first kappa shape index (κ1) is 13.7. The van der Waals surface area contributed by atoms with E-state index in [1.165, 1.54) is 11.9 Å². The van der Waals surface area contributed by atoms with E-state index >= 15 is 0 Å². The molecule has 1 fully saturated rings. The second kappa shape index (κ2) is 5.64. The van der Waals surface area contributed by atoms with Gasteiger partial charge in [0.25, 0.3) is 0 Å². The minimum atomic E-state index is -0.204. The van der Waals surface area contributed by atoms with Crippen molar-refractivity contribution in [1.29, 1.82) is 0 Å². The van der Waals surface area contributed by atoms with Gasteiger partial charge in [-0.25, -0.2) is 9.97 Å². The maximum Gasteiger partial charge on any atom is 0.230 e. The maximum atomic E-state index is 12.7. The average molecular weight is 281 g/mol. The molecular formula is C17H19N3O. The fraction of sp³-hybridized carbons (Fsp3) is 0.353. The molecule has 1 aliphatic heterocycles. The molecule has 1 aliphatic rings. The smallest absolute Gasteiger partial charge is 0.230 e. The molecule has 4 heteroatoms. The van der Waals surface area contributed by atoms with Gasteiger partial charge in [-0.05, 0) is 18.4 Å². The summed E-state index contributed by atoms with van der Waals surface area (Å²) in [5, 5.41) is 0. The lowest BCUT2D eigenvalue weighted by atomic mass is 9.83. The second-order valence-electron chi connectivity index (χ2n) is 5.72. The summed E-state index contributed by atoms with van der Waals surface area (Å²) >= 11 is 0. The predicted octanol–water partition coefficient (Wildman–Crippen LogP) is 2.80. The van der Waals surface area contributed by atoms with Gasteiger partial charge in [0.1, 0.15) is 6.33 Å². The maximum absolute atomic E-state index is 12.7. The van der Waals surface area contributed by atoms with Crippen molar-refractivity contribution in [2.24, 2.45) is 5.92 Å². The Labute approximate surface area is 124 Å². The lowest BCUT2D eigenvalue weighted by molar-refractivity contribution is -0.144. The van der Waals surface area contributed by atoms with Crippen LogP contribution < -0.4 is 0 Å². The summed E-state index contributed by atoms with van der Waals surface area (Å²) in [7, 11) is 0. The second-order valence-corrected chi connectivity index (χ2v) is 5.72. The first-order valence-corrected chi connectivity index (χ1v) is 7.29. The first-order valence-electron chi connectivity index (χ1n) is 7.29. The minimum absolute atomic E-state index is 0.150. The summed E-state index contributed by atoms with van der Waals surface area (Å²) in [6, 6.07) is 10.4. The van der Waals surface area contributed by atoms with E-state index in [9.17, 15) is 4.79 Å². The molecule has 2 heterocycles.